The number of ether oxygens (including phenoxy) is 1. The van der Waals surface area contributed by atoms with Crippen molar-refractivity contribution in [1.29, 1.82) is 0 Å². The van der Waals surface area contributed by atoms with Gasteiger partial charge < -0.3 is 15.0 Å². The fourth-order valence-corrected chi connectivity index (χ4v) is 3.32. The predicted octanol–water partition coefficient (Wildman–Crippen LogP) is 3.84. The number of halogens is 1. The third-order valence-corrected chi connectivity index (χ3v) is 5.11. The summed E-state index contributed by atoms with van der Waals surface area (Å²) in [7, 11) is 0. The van der Waals surface area contributed by atoms with Crippen molar-refractivity contribution in [3.8, 4) is 5.75 Å². The van der Waals surface area contributed by atoms with Crippen LogP contribution in [0.25, 0.3) is 0 Å². The van der Waals surface area contributed by atoms with E-state index < -0.39 is 0 Å². The molecule has 2 aromatic rings. The molecule has 0 unspecified atom stereocenters. The number of nitrogens with one attached hydrogen (secondary N) is 1. The van der Waals surface area contributed by atoms with Crippen molar-refractivity contribution in [1.82, 2.24) is 10.2 Å². The molecule has 1 heterocycles. The van der Waals surface area contributed by atoms with Crippen molar-refractivity contribution in [3.63, 3.8) is 0 Å². The average Bonchev–Trinajstić information content (AvgIpc) is 2.70. The quantitative estimate of drug-likeness (QED) is 0.801. The summed E-state index contributed by atoms with van der Waals surface area (Å²) in [6, 6.07) is 14.8. The summed E-state index contributed by atoms with van der Waals surface area (Å²) in [5.41, 5.74) is 1.85. The molecule has 0 atom stereocenters. The summed E-state index contributed by atoms with van der Waals surface area (Å²) in [5.74, 6) is 0.721. The van der Waals surface area contributed by atoms with Crippen LogP contribution in [-0.4, -0.2) is 42.5 Å². The van der Waals surface area contributed by atoms with Crippen LogP contribution in [0.2, 0.25) is 5.02 Å². The van der Waals surface area contributed by atoms with Crippen LogP contribution < -0.4 is 10.1 Å². The Bertz CT molecular complexity index is 798. The lowest BCUT2D eigenvalue weighted by Gasteiger charge is -2.32. The minimum atomic E-state index is -0.0303. The first-order valence-electron chi connectivity index (χ1n) is 9.55. The Morgan fingerprint density at radius 2 is 1.71 bits per heavy atom. The lowest BCUT2D eigenvalue weighted by Crippen LogP contribution is -2.46. The lowest BCUT2D eigenvalue weighted by molar-refractivity contribution is -0.122. The number of hydrogen-bond acceptors (Lipinski definition) is 3. The molecule has 1 N–H and O–H groups in total. The largest absolute Gasteiger partial charge is 0.493 e. The highest BCUT2D eigenvalue weighted by Gasteiger charge is 2.24. The second-order valence-electron chi connectivity index (χ2n) is 7.05. The number of nitrogens with zero attached hydrogens (tertiary/aromatic N) is 1. The van der Waals surface area contributed by atoms with E-state index in [-0.39, 0.29) is 17.9 Å². The van der Waals surface area contributed by atoms with E-state index in [4.69, 9.17) is 16.3 Å². The van der Waals surface area contributed by atoms with Crippen molar-refractivity contribution >= 4 is 23.4 Å². The Labute approximate surface area is 170 Å². The van der Waals surface area contributed by atoms with Gasteiger partial charge in [-0.25, -0.2) is 0 Å². The summed E-state index contributed by atoms with van der Waals surface area (Å²) in [4.78, 5) is 26.5. The van der Waals surface area contributed by atoms with Gasteiger partial charge in [-0.2, -0.15) is 0 Å². The maximum Gasteiger partial charge on any atom is 0.253 e. The molecule has 28 heavy (non-hydrogen) atoms. The summed E-state index contributed by atoms with van der Waals surface area (Å²) in [6.45, 7) is 3.62. The minimum Gasteiger partial charge on any atom is -0.493 e. The molecule has 0 aromatic heterocycles. The molecule has 1 saturated heterocycles. The topological polar surface area (TPSA) is 58.6 Å². The van der Waals surface area contributed by atoms with Gasteiger partial charge in [0.15, 0.2) is 0 Å². The van der Waals surface area contributed by atoms with Crippen molar-refractivity contribution in [2.24, 2.45) is 0 Å². The van der Waals surface area contributed by atoms with Gasteiger partial charge in [0.05, 0.1) is 13.0 Å². The molecule has 148 valence electrons. The SMILES string of the molecule is Cc1ccc(C(=O)N2CCC(NC(=O)CCOc3ccc(Cl)cc3)CC2)cc1. The highest BCUT2D eigenvalue weighted by Crippen LogP contribution is 2.16. The van der Waals surface area contributed by atoms with Crippen LogP contribution in [0.4, 0.5) is 0 Å². The van der Waals surface area contributed by atoms with E-state index in [9.17, 15) is 9.59 Å². The predicted molar refractivity (Wildman–Crippen MR) is 110 cm³/mol. The Kier molecular flexibility index (Phi) is 6.93. The van der Waals surface area contributed by atoms with Crippen LogP contribution in [-0.2, 0) is 4.79 Å². The maximum absolute atomic E-state index is 12.6. The van der Waals surface area contributed by atoms with Gasteiger partial charge in [-0.15, -0.1) is 0 Å². The van der Waals surface area contributed by atoms with Crippen LogP contribution >= 0.6 is 11.6 Å². The highest BCUT2D eigenvalue weighted by atomic mass is 35.5. The van der Waals surface area contributed by atoms with Gasteiger partial charge in [0, 0.05) is 29.7 Å². The normalized spacial score (nSPS) is 14.6. The van der Waals surface area contributed by atoms with Crippen molar-refractivity contribution in [3.05, 3.63) is 64.7 Å². The Balaban J connectivity index is 1.37. The van der Waals surface area contributed by atoms with Gasteiger partial charge in [0.2, 0.25) is 5.91 Å². The molecule has 1 aliphatic rings. The number of carbonyl (C=O) groups is 2. The first-order chi connectivity index (χ1) is 13.5. The third-order valence-electron chi connectivity index (χ3n) is 4.86. The number of benzene rings is 2. The monoisotopic (exact) mass is 400 g/mol. The first kappa shape index (κ1) is 20.2. The number of carbonyl (C=O) groups excluding carboxylic acids is 2. The summed E-state index contributed by atoms with van der Waals surface area (Å²) >= 11 is 5.83. The van der Waals surface area contributed by atoms with Gasteiger partial charge in [0.25, 0.3) is 5.91 Å². The maximum atomic E-state index is 12.6. The van der Waals surface area contributed by atoms with Crippen LogP contribution in [0.1, 0.15) is 35.2 Å². The molecule has 0 spiro atoms. The van der Waals surface area contributed by atoms with E-state index in [1.54, 1.807) is 24.3 Å². The number of hydrogen-bond donors (Lipinski definition) is 1. The fourth-order valence-electron chi connectivity index (χ4n) is 3.20. The molecule has 0 bridgehead atoms. The van der Waals surface area contributed by atoms with E-state index >= 15 is 0 Å². The molecular formula is C22H25ClN2O3. The fraction of sp³-hybridized carbons (Fsp3) is 0.364. The summed E-state index contributed by atoms with van der Waals surface area (Å²) in [5, 5.41) is 3.69. The smallest absolute Gasteiger partial charge is 0.253 e. The zero-order valence-corrected chi connectivity index (χ0v) is 16.7. The van der Waals surface area contributed by atoms with E-state index in [1.807, 2.05) is 36.1 Å². The zero-order valence-electron chi connectivity index (χ0n) is 16.0. The van der Waals surface area contributed by atoms with Gasteiger partial charge in [-0.05, 0) is 56.2 Å². The van der Waals surface area contributed by atoms with Gasteiger partial charge in [-0.3, -0.25) is 9.59 Å². The molecule has 3 rings (SSSR count). The Hall–Kier alpha value is -2.53. The van der Waals surface area contributed by atoms with Crippen molar-refractivity contribution in [2.45, 2.75) is 32.2 Å². The average molecular weight is 401 g/mol. The van der Waals surface area contributed by atoms with Crippen LogP contribution in [0.15, 0.2) is 48.5 Å². The van der Waals surface area contributed by atoms with E-state index in [1.165, 1.54) is 0 Å². The number of piperidine rings is 1. The molecule has 1 fully saturated rings. The molecule has 1 aliphatic heterocycles. The zero-order chi connectivity index (χ0) is 19.9. The van der Waals surface area contributed by atoms with Crippen molar-refractivity contribution < 1.29 is 14.3 Å². The highest BCUT2D eigenvalue weighted by molar-refractivity contribution is 6.30. The standard InChI is InChI=1S/C22H25ClN2O3/c1-16-2-4-17(5-3-16)22(27)25-13-10-19(11-14-25)24-21(26)12-15-28-20-8-6-18(23)7-9-20/h2-9,19H,10-15H2,1H3,(H,24,26). The number of rotatable bonds is 6. The van der Waals surface area contributed by atoms with Gasteiger partial charge >= 0.3 is 0 Å². The molecule has 0 saturated carbocycles. The Morgan fingerprint density at radius 1 is 1.07 bits per heavy atom. The molecule has 2 aromatic carbocycles. The van der Waals surface area contributed by atoms with Gasteiger partial charge in [0.1, 0.15) is 5.75 Å². The summed E-state index contributed by atoms with van der Waals surface area (Å²) in [6.07, 6.45) is 1.83. The second kappa shape index (κ2) is 9.60. The first-order valence-corrected chi connectivity index (χ1v) is 9.93. The molecular weight excluding hydrogens is 376 g/mol. The third kappa shape index (κ3) is 5.73. The molecule has 0 aliphatic carbocycles. The summed E-state index contributed by atoms with van der Waals surface area (Å²) < 4.78 is 5.55. The lowest BCUT2D eigenvalue weighted by atomic mass is 10.0. The second-order valence-corrected chi connectivity index (χ2v) is 7.49. The molecule has 0 radical (unpaired) electrons. The number of amides is 2. The van der Waals surface area contributed by atoms with E-state index in [2.05, 4.69) is 5.32 Å². The van der Waals surface area contributed by atoms with Crippen molar-refractivity contribution in [2.75, 3.05) is 19.7 Å². The van der Waals surface area contributed by atoms with Crippen LogP contribution in [0.5, 0.6) is 5.75 Å². The molecule has 6 heteroatoms. The number of aryl methyl sites for hydroxylation is 1. The number of likely N-dealkylation sites (tertiary alicyclic amines) is 1. The van der Waals surface area contributed by atoms with E-state index in [0.717, 1.165) is 18.4 Å². The molecule has 2 amide bonds. The van der Waals surface area contributed by atoms with E-state index in [0.29, 0.717) is 42.5 Å². The minimum absolute atomic E-state index is 0.0303. The van der Waals surface area contributed by atoms with Crippen LogP contribution in [0.3, 0.4) is 0 Å². The molecule has 5 nitrogen and oxygen atoms in total. The van der Waals surface area contributed by atoms with Crippen LogP contribution in [0, 0.1) is 6.92 Å². The Morgan fingerprint density at radius 3 is 2.36 bits per heavy atom. The van der Waals surface area contributed by atoms with Gasteiger partial charge in [-0.1, -0.05) is 29.3 Å².